The zero-order valence-electron chi connectivity index (χ0n) is 21.4. The maximum Gasteiger partial charge on any atom is 0.356 e. The van der Waals surface area contributed by atoms with Crippen molar-refractivity contribution in [3.63, 3.8) is 0 Å². The van der Waals surface area contributed by atoms with Crippen LogP contribution in [0.2, 0.25) is 10.0 Å². The van der Waals surface area contributed by atoms with Gasteiger partial charge in [0.1, 0.15) is 18.2 Å². The monoisotopic (exact) mass is 568 g/mol. The fourth-order valence-electron chi connectivity index (χ4n) is 4.29. The lowest BCUT2D eigenvalue weighted by Gasteiger charge is -2.25. The molecule has 1 aromatic heterocycles. The number of carboxylic acids is 1. The van der Waals surface area contributed by atoms with E-state index in [-0.39, 0.29) is 11.8 Å². The van der Waals surface area contributed by atoms with E-state index in [4.69, 9.17) is 38.9 Å². The number of β-amino-alcohol motifs (C(OH)–C–C–N with tert-alkyl or cyclic N) is 1. The van der Waals surface area contributed by atoms with Gasteiger partial charge in [0.2, 0.25) is 0 Å². The first-order chi connectivity index (χ1) is 18.7. The van der Waals surface area contributed by atoms with Gasteiger partial charge in [-0.25, -0.2) is 14.8 Å². The summed E-state index contributed by atoms with van der Waals surface area (Å²) >= 11 is 12.4. The van der Waals surface area contributed by atoms with E-state index in [9.17, 15) is 9.90 Å². The van der Waals surface area contributed by atoms with Gasteiger partial charge < -0.3 is 14.9 Å². The number of aliphatic hydroxyl groups excluding tert-OH is 1. The van der Waals surface area contributed by atoms with Crippen LogP contribution in [0, 0.1) is 6.92 Å². The van der Waals surface area contributed by atoms with Crippen LogP contribution < -0.4 is 10.6 Å². The zero-order valence-corrected chi connectivity index (χ0v) is 22.9. The van der Waals surface area contributed by atoms with Gasteiger partial charge in [0.25, 0.3) is 0 Å². The molecule has 1 aliphatic heterocycles. The molecule has 4 N–H and O–H groups in total. The standard InChI is InChI=1S/C24H18Cl2N2O3.C5H12N2O/c1-15-22(24(29)30)27-23(20-12-7-17(25)13-21(20)26)28(15)18-8-10-19(11-9-18)31-14-16-5-3-2-4-6-16;6-7-3-1-2-5(8)4-7/h2-13H,14H2,1H3,(H,29,30);5,8H,1-4,6H2. The van der Waals surface area contributed by atoms with Crippen molar-refractivity contribution in [3.8, 4) is 22.8 Å². The van der Waals surface area contributed by atoms with Crippen LogP contribution in [0.4, 0.5) is 0 Å². The highest BCUT2D eigenvalue weighted by molar-refractivity contribution is 6.36. The van der Waals surface area contributed by atoms with Crippen molar-refractivity contribution >= 4 is 29.2 Å². The lowest BCUT2D eigenvalue weighted by Crippen LogP contribution is -2.42. The topological polar surface area (TPSA) is 114 Å². The number of carbonyl (C=O) groups is 1. The van der Waals surface area contributed by atoms with Crippen LogP contribution in [0.15, 0.2) is 72.8 Å². The first-order valence-corrected chi connectivity index (χ1v) is 13.2. The minimum Gasteiger partial charge on any atom is -0.489 e. The molecule has 4 aromatic rings. The van der Waals surface area contributed by atoms with Gasteiger partial charge in [-0.1, -0.05) is 53.5 Å². The molecule has 0 spiro atoms. The molecule has 1 fully saturated rings. The number of benzene rings is 3. The number of ether oxygens (including phenoxy) is 1. The van der Waals surface area contributed by atoms with E-state index in [1.807, 2.05) is 54.6 Å². The van der Waals surface area contributed by atoms with Gasteiger partial charge >= 0.3 is 5.97 Å². The zero-order chi connectivity index (χ0) is 27.9. The maximum atomic E-state index is 11.7. The van der Waals surface area contributed by atoms with E-state index >= 15 is 0 Å². The van der Waals surface area contributed by atoms with Crippen LogP contribution in [0.1, 0.15) is 34.6 Å². The Labute approximate surface area is 237 Å². The Bertz CT molecular complexity index is 1400. The number of piperidine rings is 1. The first-order valence-electron chi connectivity index (χ1n) is 12.5. The highest BCUT2D eigenvalue weighted by Gasteiger charge is 2.22. The van der Waals surface area contributed by atoms with E-state index in [2.05, 4.69) is 4.98 Å². The quantitative estimate of drug-likeness (QED) is 0.254. The Morgan fingerprint density at radius 1 is 1.10 bits per heavy atom. The number of hydrogen-bond acceptors (Lipinski definition) is 6. The molecular formula is C29H30Cl2N4O4. The Kier molecular flexibility index (Phi) is 9.61. The van der Waals surface area contributed by atoms with Crippen molar-refractivity contribution < 1.29 is 19.7 Å². The third-order valence-electron chi connectivity index (χ3n) is 6.25. The van der Waals surface area contributed by atoms with E-state index in [0.29, 0.717) is 46.0 Å². The Morgan fingerprint density at radius 2 is 1.82 bits per heavy atom. The molecule has 1 aliphatic rings. The SMILES string of the molecule is Cc1c(C(=O)O)nc(-c2ccc(Cl)cc2Cl)n1-c1ccc(OCc2ccccc2)cc1.NN1CCCC(O)C1. The van der Waals surface area contributed by atoms with E-state index in [1.54, 1.807) is 34.7 Å². The molecule has 1 saturated heterocycles. The third kappa shape index (κ3) is 7.38. The van der Waals surface area contributed by atoms with Crippen LogP contribution in [-0.4, -0.2) is 49.9 Å². The second kappa shape index (κ2) is 13.1. The number of imidazole rings is 1. The van der Waals surface area contributed by atoms with Crippen molar-refractivity contribution in [3.05, 3.63) is 99.8 Å². The largest absolute Gasteiger partial charge is 0.489 e. The number of nitrogens with zero attached hydrogens (tertiary/aromatic N) is 3. The Morgan fingerprint density at radius 3 is 2.41 bits per heavy atom. The summed E-state index contributed by atoms with van der Waals surface area (Å²) in [6.07, 6.45) is 1.75. The number of nitrogens with two attached hydrogens (primary N) is 1. The summed E-state index contributed by atoms with van der Waals surface area (Å²) in [7, 11) is 0. The fourth-order valence-corrected chi connectivity index (χ4v) is 4.78. The predicted octanol–water partition coefficient (Wildman–Crippen LogP) is 5.75. The summed E-state index contributed by atoms with van der Waals surface area (Å²) in [6.45, 7) is 3.74. The molecule has 0 saturated carbocycles. The number of aliphatic hydroxyl groups is 1. The predicted molar refractivity (Wildman–Crippen MR) is 152 cm³/mol. The summed E-state index contributed by atoms with van der Waals surface area (Å²) in [4.78, 5) is 16.1. The van der Waals surface area contributed by atoms with Crippen molar-refractivity contribution in [1.29, 1.82) is 0 Å². The van der Waals surface area contributed by atoms with E-state index in [0.717, 1.165) is 30.6 Å². The molecule has 39 heavy (non-hydrogen) atoms. The number of carboxylic acid groups (broad SMARTS) is 1. The average Bonchev–Trinajstić information content (AvgIpc) is 3.25. The molecule has 0 amide bonds. The first kappa shape index (κ1) is 28.6. The van der Waals surface area contributed by atoms with Gasteiger partial charge in [-0.15, -0.1) is 0 Å². The van der Waals surface area contributed by atoms with Gasteiger partial charge in [-0.05, 0) is 67.8 Å². The van der Waals surface area contributed by atoms with Crippen LogP contribution in [0.3, 0.4) is 0 Å². The molecule has 0 bridgehead atoms. The van der Waals surface area contributed by atoms with Crippen LogP contribution in [0.25, 0.3) is 17.1 Å². The van der Waals surface area contributed by atoms with Gasteiger partial charge in [-0.2, -0.15) is 0 Å². The molecule has 0 radical (unpaired) electrons. The molecule has 1 atom stereocenters. The second-order valence-electron chi connectivity index (χ2n) is 9.19. The fraction of sp³-hybridized carbons (Fsp3) is 0.241. The third-order valence-corrected chi connectivity index (χ3v) is 6.80. The highest BCUT2D eigenvalue weighted by atomic mass is 35.5. The Balaban J connectivity index is 0.000000379. The second-order valence-corrected chi connectivity index (χ2v) is 10.0. The molecule has 204 valence electrons. The van der Waals surface area contributed by atoms with Crippen molar-refractivity contribution in [1.82, 2.24) is 14.6 Å². The van der Waals surface area contributed by atoms with Crippen LogP contribution in [0.5, 0.6) is 5.75 Å². The molecular weight excluding hydrogens is 539 g/mol. The number of aromatic nitrogens is 2. The molecule has 10 heteroatoms. The van der Waals surface area contributed by atoms with E-state index < -0.39 is 5.97 Å². The summed E-state index contributed by atoms with van der Waals surface area (Å²) in [6, 6.07) is 22.3. The van der Waals surface area contributed by atoms with Gasteiger partial charge in [0.05, 0.1) is 16.8 Å². The van der Waals surface area contributed by atoms with Crippen molar-refractivity contribution in [2.24, 2.45) is 5.84 Å². The van der Waals surface area contributed by atoms with E-state index in [1.165, 1.54) is 0 Å². The normalized spacial score (nSPS) is 15.4. The molecule has 5 rings (SSSR count). The molecule has 0 aliphatic carbocycles. The number of hydrogen-bond donors (Lipinski definition) is 3. The minimum atomic E-state index is -1.11. The van der Waals surface area contributed by atoms with Gasteiger partial charge in [0, 0.05) is 29.4 Å². The lowest BCUT2D eigenvalue weighted by molar-refractivity contribution is 0.0689. The minimum absolute atomic E-state index is 0.0366. The number of rotatable bonds is 6. The number of aromatic carboxylic acids is 1. The molecule has 2 heterocycles. The summed E-state index contributed by atoms with van der Waals surface area (Å²) < 4.78 is 7.61. The van der Waals surface area contributed by atoms with Gasteiger partial charge in [-0.3, -0.25) is 10.4 Å². The number of halogens is 2. The van der Waals surface area contributed by atoms with Crippen molar-refractivity contribution in [2.75, 3.05) is 13.1 Å². The maximum absolute atomic E-state index is 11.7. The summed E-state index contributed by atoms with van der Waals surface area (Å²) in [5.74, 6) is 5.42. The molecule has 3 aromatic carbocycles. The lowest BCUT2D eigenvalue weighted by atomic mass is 10.1. The Hall–Kier alpha value is -3.40. The van der Waals surface area contributed by atoms with Crippen LogP contribution >= 0.6 is 23.2 Å². The summed E-state index contributed by atoms with van der Waals surface area (Å²) in [5.41, 5.74) is 2.86. The highest BCUT2D eigenvalue weighted by Crippen LogP contribution is 2.33. The van der Waals surface area contributed by atoms with Crippen molar-refractivity contribution in [2.45, 2.75) is 32.5 Å². The molecule has 1 unspecified atom stereocenters. The average molecular weight is 569 g/mol. The van der Waals surface area contributed by atoms with Crippen LogP contribution in [-0.2, 0) is 6.61 Å². The number of hydrazine groups is 1. The molecule has 8 nitrogen and oxygen atoms in total. The van der Waals surface area contributed by atoms with Gasteiger partial charge in [0.15, 0.2) is 5.69 Å². The smallest absolute Gasteiger partial charge is 0.356 e. The summed E-state index contributed by atoms with van der Waals surface area (Å²) in [5, 5.41) is 21.1.